The van der Waals surface area contributed by atoms with Crippen LogP contribution in [-0.4, -0.2) is 38.4 Å². The highest BCUT2D eigenvalue weighted by atomic mass is 32.1. The third-order valence-electron chi connectivity index (χ3n) is 4.56. The largest absolute Gasteiger partial charge is 0.490 e. The lowest BCUT2D eigenvalue weighted by Gasteiger charge is -2.30. The first-order valence-electron chi connectivity index (χ1n) is 9.36. The fraction of sp³-hybridized carbons (Fsp3) is 0.273. The van der Waals surface area contributed by atoms with Crippen LogP contribution in [0.3, 0.4) is 0 Å². The Hall–Kier alpha value is -3.06. The maximum absolute atomic E-state index is 12.8. The molecule has 0 aliphatic carbocycles. The van der Waals surface area contributed by atoms with E-state index < -0.39 is 5.97 Å². The highest BCUT2D eigenvalue weighted by Crippen LogP contribution is 2.28. The van der Waals surface area contributed by atoms with Gasteiger partial charge in [0.15, 0.2) is 5.11 Å². The number of carbonyl (C=O) groups is 1. The van der Waals surface area contributed by atoms with Gasteiger partial charge in [-0.2, -0.15) is 0 Å². The van der Waals surface area contributed by atoms with E-state index in [2.05, 4.69) is 10.6 Å². The van der Waals surface area contributed by atoms with Crippen LogP contribution in [0.1, 0.15) is 18.5 Å². The molecule has 2 aromatic rings. The monoisotopic (exact) mass is 411 g/mol. The predicted molar refractivity (Wildman–Crippen MR) is 118 cm³/mol. The van der Waals surface area contributed by atoms with Crippen molar-refractivity contribution in [2.75, 3.05) is 32.2 Å². The number of ether oxygens (including phenoxy) is 2. The summed E-state index contributed by atoms with van der Waals surface area (Å²) in [6.07, 6.45) is 0. The van der Waals surface area contributed by atoms with Crippen molar-refractivity contribution < 1.29 is 14.3 Å². The highest BCUT2D eigenvalue weighted by Gasteiger charge is 2.31. The van der Waals surface area contributed by atoms with Gasteiger partial charge in [0.1, 0.15) is 19.0 Å². The fourth-order valence-corrected chi connectivity index (χ4v) is 3.34. The molecule has 0 saturated carbocycles. The zero-order valence-electron chi connectivity index (χ0n) is 16.8. The molecule has 0 aromatic heterocycles. The van der Waals surface area contributed by atoms with E-state index >= 15 is 0 Å². The number of thiocarbonyl (C=S) groups is 1. The molecule has 29 heavy (non-hydrogen) atoms. The van der Waals surface area contributed by atoms with E-state index in [1.54, 1.807) is 0 Å². The van der Waals surface area contributed by atoms with Crippen molar-refractivity contribution in [2.45, 2.75) is 13.0 Å². The van der Waals surface area contributed by atoms with Crippen LogP contribution in [-0.2, 0) is 9.53 Å². The Balaban J connectivity index is 1.69. The summed E-state index contributed by atoms with van der Waals surface area (Å²) in [5, 5.41) is 6.67. The molecule has 1 atom stereocenters. The number of para-hydroxylation sites is 1. The van der Waals surface area contributed by atoms with Crippen LogP contribution in [0.2, 0.25) is 0 Å². The van der Waals surface area contributed by atoms with E-state index in [0.717, 1.165) is 17.0 Å². The summed E-state index contributed by atoms with van der Waals surface area (Å²) in [7, 11) is 3.97. The number of anilines is 1. The Kier molecular flexibility index (Phi) is 6.72. The zero-order valence-corrected chi connectivity index (χ0v) is 17.6. The number of hydrogen-bond donors (Lipinski definition) is 2. The van der Waals surface area contributed by atoms with Crippen LogP contribution in [0.25, 0.3) is 0 Å². The number of benzene rings is 2. The Morgan fingerprint density at radius 1 is 1.07 bits per heavy atom. The molecule has 0 unspecified atom stereocenters. The van der Waals surface area contributed by atoms with Gasteiger partial charge in [0.2, 0.25) is 0 Å². The van der Waals surface area contributed by atoms with Crippen LogP contribution in [0.4, 0.5) is 5.69 Å². The lowest BCUT2D eigenvalue weighted by molar-refractivity contribution is -0.140. The maximum Gasteiger partial charge on any atom is 0.338 e. The molecule has 1 aliphatic rings. The maximum atomic E-state index is 12.8. The number of carbonyl (C=O) groups excluding carboxylic acids is 1. The van der Waals surface area contributed by atoms with Gasteiger partial charge in [0.05, 0.1) is 11.6 Å². The van der Waals surface area contributed by atoms with E-state index in [4.69, 9.17) is 21.7 Å². The Labute approximate surface area is 176 Å². The van der Waals surface area contributed by atoms with E-state index in [1.807, 2.05) is 80.5 Å². The van der Waals surface area contributed by atoms with Gasteiger partial charge in [-0.3, -0.25) is 0 Å². The molecular formula is C22H25N3O3S. The minimum Gasteiger partial charge on any atom is -0.490 e. The van der Waals surface area contributed by atoms with Crippen LogP contribution in [0, 0.1) is 0 Å². The molecule has 6 nitrogen and oxygen atoms in total. The molecule has 1 heterocycles. The van der Waals surface area contributed by atoms with Crippen LogP contribution in [0.5, 0.6) is 5.75 Å². The van der Waals surface area contributed by atoms with Gasteiger partial charge >= 0.3 is 5.97 Å². The van der Waals surface area contributed by atoms with Gasteiger partial charge in [-0.1, -0.05) is 30.3 Å². The highest BCUT2D eigenvalue weighted by molar-refractivity contribution is 7.80. The molecule has 3 rings (SSSR count). The lowest BCUT2D eigenvalue weighted by atomic mass is 9.95. The van der Waals surface area contributed by atoms with E-state index in [0.29, 0.717) is 16.4 Å². The Morgan fingerprint density at radius 3 is 2.41 bits per heavy atom. The summed E-state index contributed by atoms with van der Waals surface area (Å²) >= 11 is 5.29. The van der Waals surface area contributed by atoms with Crippen molar-refractivity contribution in [2.24, 2.45) is 0 Å². The molecule has 2 N–H and O–H groups in total. The Morgan fingerprint density at radius 2 is 1.76 bits per heavy atom. The molecule has 7 heteroatoms. The average molecular weight is 412 g/mol. The third kappa shape index (κ3) is 5.26. The second-order valence-electron chi connectivity index (χ2n) is 6.85. The second-order valence-corrected chi connectivity index (χ2v) is 7.26. The van der Waals surface area contributed by atoms with Gasteiger partial charge in [0.25, 0.3) is 0 Å². The van der Waals surface area contributed by atoms with Crippen molar-refractivity contribution >= 4 is 29.0 Å². The van der Waals surface area contributed by atoms with Gasteiger partial charge in [0, 0.05) is 25.5 Å². The van der Waals surface area contributed by atoms with Crippen molar-refractivity contribution in [3.05, 3.63) is 71.4 Å². The minimum atomic E-state index is -0.400. The number of allylic oxidation sites excluding steroid dienone is 1. The molecule has 0 amide bonds. The standard InChI is InChI=1S/C22H25N3O3S/c1-15-19(21(26)28-14-13-27-18-7-5-4-6-8-18)20(24-22(29)23-15)16-9-11-17(12-10-16)25(2)3/h4-12,20H,13-14H2,1-3H3,(H2,23,24,29)/t20-/m1/s1. The van der Waals surface area contributed by atoms with Crippen molar-refractivity contribution in [1.29, 1.82) is 0 Å². The molecule has 152 valence electrons. The summed E-state index contributed by atoms with van der Waals surface area (Å²) in [6.45, 7) is 2.26. The number of esters is 1. The topological polar surface area (TPSA) is 62.8 Å². The molecule has 0 bridgehead atoms. The van der Waals surface area contributed by atoms with Crippen LogP contribution in [0.15, 0.2) is 65.9 Å². The minimum absolute atomic E-state index is 0.154. The lowest BCUT2D eigenvalue weighted by Crippen LogP contribution is -2.45. The normalized spacial score (nSPS) is 16.0. The first-order chi connectivity index (χ1) is 14.0. The number of rotatable bonds is 7. The molecule has 0 spiro atoms. The number of hydrogen-bond acceptors (Lipinski definition) is 5. The summed E-state index contributed by atoms with van der Waals surface area (Å²) in [5.74, 6) is 0.340. The molecule has 0 radical (unpaired) electrons. The molecule has 0 fully saturated rings. The van der Waals surface area contributed by atoms with Crippen molar-refractivity contribution in [3.63, 3.8) is 0 Å². The van der Waals surface area contributed by atoms with Gasteiger partial charge in [-0.25, -0.2) is 4.79 Å². The summed E-state index contributed by atoms with van der Waals surface area (Å²) in [6, 6.07) is 17.0. The summed E-state index contributed by atoms with van der Waals surface area (Å²) < 4.78 is 11.1. The zero-order chi connectivity index (χ0) is 20.8. The van der Waals surface area contributed by atoms with Gasteiger partial charge in [-0.15, -0.1) is 0 Å². The predicted octanol–water partition coefficient (Wildman–Crippen LogP) is 3.17. The second kappa shape index (κ2) is 9.43. The summed E-state index contributed by atoms with van der Waals surface area (Å²) in [4.78, 5) is 14.8. The fourth-order valence-electron chi connectivity index (χ4n) is 3.07. The molecule has 0 saturated heterocycles. The van der Waals surface area contributed by atoms with Crippen LogP contribution < -0.4 is 20.3 Å². The van der Waals surface area contributed by atoms with E-state index in [1.165, 1.54) is 0 Å². The summed E-state index contributed by atoms with van der Waals surface area (Å²) in [5.41, 5.74) is 3.21. The average Bonchev–Trinajstić information content (AvgIpc) is 2.71. The SMILES string of the molecule is CC1=C(C(=O)OCCOc2ccccc2)[C@@H](c2ccc(N(C)C)cc2)NC(=S)N1. The molecule has 2 aromatic carbocycles. The smallest absolute Gasteiger partial charge is 0.338 e. The van der Waals surface area contributed by atoms with Crippen LogP contribution >= 0.6 is 12.2 Å². The van der Waals surface area contributed by atoms with E-state index in [9.17, 15) is 4.79 Å². The van der Waals surface area contributed by atoms with Crippen molar-refractivity contribution in [1.82, 2.24) is 10.6 Å². The molecule has 1 aliphatic heterocycles. The van der Waals surface area contributed by atoms with Crippen molar-refractivity contribution in [3.8, 4) is 5.75 Å². The molecular weight excluding hydrogens is 386 g/mol. The first-order valence-corrected chi connectivity index (χ1v) is 9.77. The Bertz CT molecular complexity index is 895. The van der Waals surface area contributed by atoms with Gasteiger partial charge in [-0.05, 0) is 49.0 Å². The number of nitrogens with zero attached hydrogens (tertiary/aromatic N) is 1. The third-order valence-corrected chi connectivity index (χ3v) is 4.78. The number of nitrogens with one attached hydrogen (secondary N) is 2. The first kappa shape index (κ1) is 20.7. The van der Waals surface area contributed by atoms with Gasteiger partial charge < -0.3 is 25.0 Å². The van der Waals surface area contributed by atoms with E-state index in [-0.39, 0.29) is 19.3 Å². The quantitative estimate of drug-likeness (QED) is 0.412.